The number of carbonyl (C=O) groups is 1. The number of amides is 1. The topological polar surface area (TPSA) is 85.3 Å². The average Bonchev–Trinajstić information content (AvgIpc) is 3.15. The molecule has 7 nitrogen and oxygen atoms in total. The van der Waals surface area contributed by atoms with Crippen molar-refractivity contribution in [1.29, 1.82) is 0 Å². The van der Waals surface area contributed by atoms with Crippen LogP contribution in [-0.4, -0.2) is 67.8 Å². The van der Waals surface area contributed by atoms with Crippen LogP contribution in [0.5, 0.6) is 0 Å². The van der Waals surface area contributed by atoms with Gasteiger partial charge in [-0.2, -0.15) is 5.10 Å². The molecule has 1 saturated heterocycles. The van der Waals surface area contributed by atoms with Gasteiger partial charge in [0.2, 0.25) is 5.82 Å². The third-order valence-electron chi connectivity index (χ3n) is 4.15. The summed E-state index contributed by atoms with van der Waals surface area (Å²) >= 11 is 0. The highest BCUT2D eigenvalue weighted by molar-refractivity contribution is 5.90. The van der Waals surface area contributed by atoms with Crippen LogP contribution in [0.4, 0.5) is 0 Å². The van der Waals surface area contributed by atoms with E-state index in [0.717, 1.165) is 25.2 Å². The van der Waals surface area contributed by atoms with E-state index in [1.54, 1.807) is 18.7 Å². The molecule has 1 amide bonds. The smallest absolute Gasteiger partial charge is 0.291 e. The van der Waals surface area contributed by atoms with Crippen molar-refractivity contribution >= 4 is 5.91 Å². The van der Waals surface area contributed by atoms with Gasteiger partial charge in [-0.05, 0) is 31.5 Å². The molecule has 2 aromatic rings. The Morgan fingerprint density at radius 2 is 1.92 bits per heavy atom. The van der Waals surface area contributed by atoms with Crippen molar-refractivity contribution < 1.29 is 9.90 Å². The molecular weight excluding hydrogens is 330 g/mol. The highest BCUT2D eigenvalue weighted by atomic mass is 16.3. The quantitative estimate of drug-likeness (QED) is 0.801. The average molecular weight is 353 g/mol. The maximum absolute atomic E-state index is 12.2. The Labute approximate surface area is 153 Å². The highest BCUT2D eigenvalue weighted by Crippen LogP contribution is 2.11. The van der Waals surface area contributed by atoms with Crippen molar-refractivity contribution in [2.24, 2.45) is 0 Å². The highest BCUT2D eigenvalue weighted by Gasteiger charge is 2.23. The number of piperazine rings is 1. The minimum atomic E-state index is -0.985. The SMILES string of the molecule is CC(C)(O)C#Cc1ccc(CN2CCN(C(=O)c3ncn[nH]3)CC2)cc1. The lowest BCUT2D eigenvalue weighted by Gasteiger charge is -2.34. The molecule has 1 aromatic carbocycles. The molecule has 0 radical (unpaired) electrons. The molecule has 7 heteroatoms. The Hall–Kier alpha value is -2.69. The van der Waals surface area contributed by atoms with Gasteiger partial charge in [-0.25, -0.2) is 4.98 Å². The van der Waals surface area contributed by atoms with Gasteiger partial charge in [0, 0.05) is 38.3 Å². The molecule has 0 saturated carbocycles. The van der Waals surface area contributed by atoms with Gasteiger partial charge < -0.3 is 10.0 Å². The maximum atomic E-state index is 12.2. The number of benzene rings is 1. The molecular formula is C19H23N5O2. The van der Waals surface area contributed by atoms with E-state index in [4.69, 9.17) is 0 Å². The summed E-state index contributed by atoms with van der Waals surface area (Å²) in [7, 11) is 0. The van der Waals surface area contributed by atoms with E-state index in [1.807, 2.05) is 12.1 Å². The van der Waals surface area contributed by atoms with Crippen molar-refractivity contribution in [3.8, 4) is 11.8 Å². The fraction of sp³-hybridized carbons (Fsp3) is 0.421. The number of aromatic nitrogens is 3. The van der Waals surface area contributed by atoms with Gasteiger partial charge in [0.1, 0.15) is 11.9 Å². The molecule has 1 fully saturated rings. The number of aromatic amines is 1. The van der Waals surface area contributed by atoms with Crippen molar-refractivity contribution in [3.05, 3.63) is 47.5 Å². The maximum Gasteiger partial charge on any atom is 0.291 e. The lowest BCUT2D eigenvalue weighted by atomic mass is 10.1. The third-order valence-corrected chi connectivity index (χ3v) is 4.15. The van der Waals surface area contributed by atoms with Gasteiger partial charge in [-0.1, -0.05) is 24.0 Å². The Bertz CT molecular complexity index is 789. The summed E-state index contributed by atoms with van der Waals surface area (Å²) in [5, 5.41) is 16.0. The van der Waals surface area contributed by atoms with E-state index < -0.39 is 5.60 Å². The van der Waals surface area contributed by atoms with E-state index in [9.17, 15) is 9.90 Å². The minimum Gasteiger partial charge on any atom is -0.378 e. The molecule has 26 heavy (non-hydrogen) atoms. The second-order valence-electron chi connectivity index (χ2n) is 6.91. The Morgan fingerprint density at radius 3 is 2.50 bits per heavy atom. The number of carbonyl (C=O) groups excluding carboxylic acids is 1. The fourth-order valence-electron chi connectivity index (χ4n) is 2.74. The first kappa shape index (κ1) is 18.1. The largest absolute Gasteiger partial charge is 0.378 e. The Morgan fingerprint density at radius 1 is 1.23 bits per heavy atom. The zero-order valence-corrected chi connectivity index (χ0v) is 15.1. The molecule has 1 aliphatic heterocycles. The lowest BCUT2D eigenvalue weighted by molar-refractivity contribution is 0.0617. The summed E-state index contributed by atoms with van der Waals surface area (Å²) in [6.07, 6.45) is 1.35. The number of rotatable bonds is 3. The summed E-state index contributed by atoms with van der Waals surface area (Å²) in [6.45, 7) is 7.16. The number of hydrogen-bond acceptors (Lipinski definition) is 5. The molecule has 2 N–H and O–H groups in total. The van der Waals surface area contributed by atoms with Crippen molar-refractivity contribution in [2.75, 3.05) is 26.2 Å². The van der Waals surface area contributed by atoms with Crippen molar-refractivity contribution in [2.45, 2.75) is 26.0 Å². The monoisotopic (exact) mass is 353 g/mol. The normalized spacial score (nSPS) is 15.4. The number of aliphatic hydroxyl groups is 1. The zero-order valence-electron chi connectivity index (χ0n) is 15.1. The van der Waals surface area contributed by atoms with E-state index in [1.165, 1.54) is 11.9 Å². The van der Waals surface area contributed by atoms with Gasteiger partial charge in [0.05, 0.1) is 0 Å². The lowest BCUT2D eigenvalue weighted by Crippen LogP contribution is -2.48. The second kappa shape index (κ2) is 7.68. The van der Waals surface area contributed by atoms with Crippen LogP contribution in [0, 0.1) is 11.8 Å². The number of hydrogen-bond donors (Lipinski definition) is 2. The molecule has 2 heterocycles. The number of H-pyrrole nitrogens is 1. The molecule has 0 unspecified atom stereocenters. The Kier molecular flexibility index (Phi) is 5.35. The molecule has 1 aromatic heterocycles. The molecule has 0 atom stereocenters. The summed E-state index contributed by atoms with van der Waals surface area (Å²) in [5.41, 5.74) is 1.11. The van der Waals surface area contributed by atoms with Gasteiger partial charge in [-0.3, -0.25) is 14.8 Å². The van der Waals surface area contributed by atoms with Crippen LogP contribution in [0.15, 0.2) is 30.6 Å². The first-order valence-corrected chi connectivity index (χ1v) is 8.62. The number of nitrogens with zero attached hydrogens (tertiary/aromatic N) is 4. The predicted octanol–water partition coefficient (Wildman–Crippen LogP) is 0.885. The van der Waals surface area contributed by atoms with Crippen LogP contribution in [0.1, 0.15) is 35.6 Å². The third kappa shape index (κ3) is 4.91. The summed E-state index contributed by atoms with van der Waals surface area (Å²) in [5.74, 6) is 5.98. The van der Waals surface area contributed by atoms with Gasteiger partial charge in [-0.15, -0.1) is 0 Å². The first-order valence-electron chi connectivity index (χ1n) is 8.62. The van der Waals surface area contributed by atoms with Crippen LogP contribution < -0.4 is 0 Å². The van der Waals surface area contributed by atoms with Crippen LogP contribution in [0.25, 0.3) is 0 Å². The van der Waals surface area contributed by atoms with Gasteiger partial charge >= 0.3 is 0 Å². The second-order valence-corrected chi connectivity index (χ2v) is 6.91. The Balaban J connectivity index is 1.51. The van der Waals surface area contributed by atoms with Crippen molar-refractivity contribution in [1.82, 2.24) is 25.0 Å². The van der Waals surface area contributed by atoms with Gasteiger partial charge in [0.15, 0.2) is 0 Å². The minimum absolute atomic E-state index is 0.100. The van der Waals surface area contributed by atoms with Crippen LogP contribution in [-0.2, 0) is 6.54 Å². The van der Waals surface area contributed by atoms with Gasteiger partial charge in [0.25, 0.3) is 5.91 Å². The van der Waals surface area contributed by atoms with Crippen molar-refractivity contribution in [3.63, 3.8) is 0 Å². The van der Waals surface area contributed by atoms with E-state index in [0.29, 0.717) is 18.9 Å². The van der Waals surface area contributed by atoms with Crippen LogP contribution >= 0.6 is 0 Å². The molecule has 1 aliphatic rings. The van der Waals surface area contributed by atoms with E-state index in [-0.39, 0.29) is 5.91 Å². The summed E-state index contributed by atoms with van der Waals surface area (Å²) in [6, 6.07) is 8.05. The van der Waals surface area contributed by atoms with E-state index >= 15 is 0 Å². The standard InChI is InChI=1S/C19H23N5O2/c1-19(2,26)8-7-15-3-5-16(6-4-15)13-23-9-11-24(12-10-23)18(25)17-20-14-21-22-17/h3-6,14,26H,9-13H2,1-2H3,(H,20,21,22). The van der Waals surface area contributed by atoms with Crippen LogP contribution in [0.2, 0.25) is 0 Å². The predicted molar refractivity (Wildman–Crippen MR) is 97.2 cm³/mol. The zero-order chi connectivity index (χ0) is 18.6. The molecule has 3 rings (SSSR count). The summed E-state index contributed by atoms with van der Waals surface area (Å²) < 4.78 is 0. The molecule has 0 bridgehead atoms. The molecule has 0 spiro atoms. The molecule has 136 valence electrons. The van der Waals surface area contributed by atoms with Crippen LogP contribution in [0.3, 0.4) is 0 Å². The first-order chi connectivity index (χ1) is 12.4. The number of nitrogens with one attached hydrogen (secondary N) is 1. The fourth-order valence-corrected chi connectivity index (χ4v) is 2.74. The van der Waals surface area contributed by atoms with E-state index in [2.05, 4.69) is 44.1 Å². The molecule has 0 aliphatic carbocycles. The summed E-state index contributed by atoms with van der Waals surface area (Å²) in [4.78, 5) is 20.3.